The Bertz CT molecular complexity index is 742. The van der Waals surface area contributed by atoms with Gasteiger partial charge in [0.1, 0.15) is 0 Å². The molecule has 0 radical (unpaired) electrons. The molecule has 0 amide bonds. The number of piperidine rings is 1. The number of pyridine rings is 1. The van der Waals surface area contributed by atoms with Gasteiger partial charge in [0.25, 0.3) is 0 Å². The SMILES string of the molecule is NC(=NCc1ccc(C(F)(F)F)cc1)N1CCCCC1c1cccnc1. The van der Waals surface area contributed by atoms with Gasteiger partial charge in [-0.15, -0.1) is 0 Å². The molecule has 1 saturated heterocycles. The minimum Gasteiger partial charge on any atom is -0.370 e. The molecule has 1 aliphatic heterocycles. The third-order valence-corrected chi connectivity index (χ3v) is 4.57. The summed E-state index contributed by atoms with van der Waals surface area (Å²) in [5, 5.41) is 0. The molecule has 1 unspecified atom stereocenters. The number of alkyl halides is 3. The number of aromatic nitrogens is 1. The highest BCUT2D eigenvalue weighted by molar-refractivity contribution is 5.78. The molecule has 1 aliphatic rings. The number of benzene rings is 1. The van der Waals surface area contributed by atoms with Crippen LogP contribution in [0.3, 0.4) is 0 Å². The van der Waals surface area contributed by atoms with Gasteiger partial charge in [-0.2, -0.15) is 13.2 Å². The zero-order valence-electron chi connectivity index (χ0n) is 14.3. The molecule has 0 saturated carbocycles. The molecule has 1 atom stereocenters. The van der Waals surface area contributed by atoms with Crippen LogP contribution in [-0.4, -0.2) is 22.4 Å². The molecule has 7 heteroatoms. The van der Waals surface area contributed by atoms with E-state index >= 15 is 0 Å². The van der Waals surface area contributed by atoms with Crippen LogP contribution in [0.4, 0.5) is 13.2 Å². The summed E-state index contributed by atoms with van der Waals surface area (Å²) in [5.41, 5.74) is 7.33. The van der Waals surface area contributed by atoms with E-state index in [1.807, 2.05) is 18.3 Å². The molecule has 3 rings (SSSR count). The molecule has 138 valence electrons. The molecule has 26 heavy (non-hydrogen) atoms. The van der Waals surface area contributed by atoms with Crippen molar-refractivity contribution >= 4 is 5.96 Å². The number of halogens is 3. The Labute approximate surface area is 150 Å². The maximum Gasteiger partial charge on any atom is 0.416 e. The molecule has 4 nitrogen and oxygen atoms in total. The lowest BCUT2D eigenvalue weighted by Crippen LogP contribution is -2.43. The monoisotopic (exact) mass is 362 g/mol. The fourth-order valence-electron chi connectivity index (χ4n) is 3.19. The second-order valence-electron chi connectivity index (χ2n) is 6.36. The van der Waals surface area contributed by atoms with Crippen molar-refractivity contribution in [3.05, 3.63) is 65.5 Å². The summed E-state index contributed by atoms with van der Waals surface area (Å²) in [5.74, 6) is 0.415. The molecule has 1 aromatic carbocycles. The summed E-state index contributed by atoms with van der Waals surface area (Å²) in [6, 6.07) is 9.08. The first kappa shape index (κ1) is 18.2. The number of likely N-dealkylation sites (tertiary alicyclic amines) is 1. The predicted molar refractivity (Wildman–Crippen MR) is 94.3 cm³/mol. The Hall–Kier alpha value is -2.57. The minimum absolute atomic E-state index is 0.133. The van der Waals surface area contributed by atoms with Gasteiger partial charge in [-0.25, -0.2) is 4.99 Å². The first-order valence-corrected chi connectivity index (χ1v) is 8.58. The first-order valence-electron chi connectivity index (χ1n) is 8.58. The van der Waals surface area contributed by atoms with Crippen molar-refractivity contribution in [3.8, 4) is 0 Å². The van der Waals surface area contributed by atoms with Crippen LogP contribution in [0.2, 0.25) is 0 Å². The molecule has 0 bridgehead atoms. The van der Waals surface area contributed by atoms with E-state index < -0.39 is 11.7 Å². The second kappa shape index (κ2) is 7.76. The maximum absolute atomic E-state index is 12.6. The number of aliphatic imine (C=N–C) groups is 1. The molecule has 2 N–H and O–H groups in total. The molecular formula is C19H21F3N4. The summed E-state index contributed by atoms with van der Waals surface area (Å²) >= 11 is 0. The van der Waals surface area contributed by atoms with Crippen LogP contribution in [0.5, 0.6) is 0 Å². The van der Waals surface area contributed by atoms with Crippen molar-refractivity contribution in [2.45, 2.75) is 38.0 Å². The summed E-state index contributed by atoms with van der Waals surface area (Å²) in [6.07, 6.45) is 2.37. The average Bonchev–Trinajstić information content (AvgIpc) is 2.66. The van der Waals surface area contributed by atoms with Crippen molar-refractivity contribution in [2.24, 2.45) is 10.7 Å². The fraction of sp³-hybridized carbons (Fsp3) is 0.368. The van der Waals surface area contributed by atoms with Crippen molar-refractivity contribution in [1.82, 2.24) is 9.88 Å². The van der Waals surface area contributed by atoms with E-state index in [-0.39, 0.29) is 12.6 Å². The summed E-state index contributed by atoms with van der Waals surface area (Å²) < 4.78 is 37.9. The molecule has 0 aliphatic carbocycles. The molecule has 0 spiro atoms. The van der Waals surface area contributed by atoms with Gasteiger partial charge in [0.05, 0.1) is 18.2 Å². The minimum atomic E-state index is -4.33. The molecule has 2 aromatic rings. The van der Waals surface area contributed by atoms with E-state index in [0.29, 0.717) is 11.5 Å². The lowest BCUT2D eigenvalue weighted by Gasteiger charge is -2.36. The predicted octanol–water partition coefficient (Wildman–Crippen LogP) is 4.14. The summed E-state index contributed by atoms with van der Waals surface area (Å²) in [7, 11) is 0. The van der Waals surface area contributed by atoms with Crippen LogP contribution < -0.4 is 5.73 Å². The van der Waals surface area contributed by atoms with Crippen LogP contribution in [0.1, 0.15) is 42.0 Å². The van der Waals surface area contributed by atoms with Crippen LogP contribution in [0, 0.1) is 0 Å². The lowest BCUT2D eigenvalue weighted by molar-refractivity contribution is -0.137. The van der Waals surface area contributed by atoms with E-state index in [1.54, 1.807) is 6.20 Å². The third kappa shape index (κ3) is 4.33. The fourth-order valence-corrected chi connectivity index (χ4v) is 3.19. The summed E-state index contributed by atoms with van der Waals surface area (Å²) in [4.78, 5) is 10.6. The number of nitrogens with zero attached hydrogens (tertiary/aromatic N) is 3. The zero-order chi connectivity index (χ0) is 18.6. The smallest absolute Gasteiger partial charge is 0.370 e. The van der Waals surface area contributed by atoms with Crippen LogP contribution in [0.15, 0.2) is 53.8 Å². The first-order chi connectivity index (χ1) is 12.4. The number of rotatable bonds is 3. The highest BCUT2D eigenvalue weighted by Crippen LogP contribution is 2.31. The van der Waals surface area contributed by atoms with Gasteiger partial charge >= 0.3 is 6.18 Å². The van der Waals surface area contributed by atoms with E-state index in [1.165, 1.54) is 12.1 Å². The van der Waals surface area contributed by atoms with Gasteiger partial charge in [0.2, 0.25) is 0 Å². The largest absolute Gasteiger partial charge is 0.416 e. The molecular weight excluding hydrogens is 341 g/mol. The molecule has 1 aromatic heterocycles. The summed E-state index contributed by atoms with van der Waals surface area (Å²) in [6.45, 7) is 1.06. The van der Waals surface area contributed by atoms with E-state index in [9.17, 15) is 13.2 Å². The average molecular weight is 362 g/mol. The van der Waals surface area contributed by atoms with Gasteiger partial charge in [0.15, 0.2) is 5.96 Å². The second-order valence-corrected chi connectivity index (χ2v) is 6.36. The van der Waals surface area contributed by atoms with Gasteiger partial charge in [-0.3, -0.25) is 4.98 Å². The van der Waals surface area contributed by atoms with Crippen molar-refractivity contribution < 1.29 is 13.2 Å². The quantitative estimate of drug-likeness (QED) is 0.659. The molecule has 1 fully saturated rings. The highest BCUT2D eigenvalue weighted by Gasteiger charge is 2.30. The topological polar surface area (TPSA) is 54.5 Å². The number of nitrogens with two attached hydrogens (primary N) is 1. The van der Waals surface area contributed by atoms with Gasteiger partial charge in [0, 0.05) is 18.9 Å². The van der Waals surface area contributed by atoms with Crippen molar-refractivity contribution in [3.63, 3.8) is 0 Å². The Balaban J connectivity index is 1.71. The normalized spacial score (nSPS) is 18.8. The van der Waals surface area contributed by atoms with Crippen molar-refractivity contribution in [2.75, 3.05) is 6.54 Å². The number of guanidine groups is 1. The standard InChI is InChI=1S/C19H21F3N4/c20-19(21,22)16-8-6-14(7-9-16)12-25-18(23)26-11-2-1-5-17(26)15-4-3-10-24-13-15/h3-4,6-10,13,17H,1-2,5,11-12H2,(H2,23,25). The Morgan fingerprint density at radius 1 is 1.19 bits per heavy atom. The number of hydrogen-bond acceptors (Lipinski definition) is 2. The van der Waals surface area contributed by atoms with E-state index in [4.69, 9.17) is 5.73 Å². The zero-order valence-corrected chi connectivity index (χ0v) is 14.3. The van der Waals surface area contributed by atoms with E-state index in [2.05, 4.69) is 14.9 Å². The van der Waals surface area contributed by atoms with Gasteiger partial charge < -0.3 is 10.6 Å². The van der Waals surface area contributed by atoms with Crippen molar-refractivity contribution in [1.29, 1.82) is 0 Å². The van der Waals surface area contributed by atoms with Crippen LogP contribution in [-0.2, 0) is 12.7 Å². The van der Waals surface area contributed by atoms with Crippen LogP contribution in [0.25, 0.3) is 0 Å². The Kier molecular flexibility index (Phi) is 5.44. The molecule has 2 heterocycles. The Morgan fingerprint density at radius 3 is 2.62 bits per heavy atom. The maximum atomic E-state index is 12.6. The van der Waals surface area contributed by atoms with Gasteiger partial charge in [-0.1, -0.05) is 18.2 Å². The third-order valence-electron chi connectivity index (χ3n) is 4.57. The van der Waals surface area contributed by atoms with Crippen LogP contribution >= 0.6 is 0 Å². The van der Waals surface area contributed by atoms with Gasteiger partial charge in [-0.05, 0) is 48.6 Å². The Morgan fingerprint density at radius 2 is 1.96 bits per heavy atom. The van der Waals surface area contributed by atoms with E-state index in [0.717, 1.165) is 43.5 Å². The highest BCUT2D eigenvalue weighted by atomic mass is 19.4. The lowest BCUT2D eigenvalue weighted by atomic mass is 9.97. The number of hydrogen-bond donors (Lipinski definition) is 1.